The maximum atomic E-state index is 11.7. The highest BCUT2D eigenvalue weighted by molar-refractivity contribution is 7.86. The molecule has 0 aliphatic carbocycles. The average molecular weight is 178 g/mol. The molecule has 0 fully saturated rings. The fourth-order valence-electron chi connectivity index (χ4n) is 0.209. The Morgan fingerprint density at radius 2 is 1.70 bits per heavy atom. The van der Waals surface area contributed by atoms with Crippen molar-refractivity contribution in [1.82, 2.24) is 0 Å². The Hall–Kier alpha value is -0.300. The third kappa shape index (κ3) is 4.57. The van der Waals surface area contributed by atoms with Crippen molar-refractivity contribution in [2.24, 2.45) is 0 Å². The van der Waals surface area contributed by atoms with Crippen LogP contribution in [0.4, 0.5) is 13.2 Å². The highest BCUT2D eigenvalue weighted by atomic mass is 32.2. The lowest BCUT2D eigenvalue weighted by molar-refractivity contribution is -0.0628. The first-order valence-corrected chi connectivity index (χ1v) is 3.95. The molecule has 62 valence electrons. The first kappa shape index (κ1) is 9.70. The average Bonchev–Trinajstić information content (AvgIpc) is 1.60. The van der Waals surface area contributed by atoms with Crippen LogP contribution in [0.2, 0.25) is 0 Å². The van der Waals surface area contributed by atoms with Gasteiger partial charge in [-0.15, -0.1) is 0 Å². The van der Waals surface area contributed by atoms with Gasteiger partial charge < -0.3 is 0 Å². The van der Waals surface area contributed by atoms with Gasteiger partial charge >= 0.3 is 0 Å². The summed E-state index contributed by atoms with van der Waals surface area (Å²) < 4.78 is 57.2. The zero-order valence-electron chi connectivity index (χ0n) is 4.92. The van der Waals surface area contributed by atoms with Gasteiger partial charge in [-0.1, -0.05) is 0 Å². The van der Waals surface area contributed by atoms with E-state index in [1.807, 2.05) is 0 Å². The van der Waals surface area contributed by atoms with Gasteiger partial charge in [0.25, 0.3) is 22.9 Å². The Balaban J connectivity index is 3.93. The first-order chi connectivity index (χ1) is 4.33. The largest absolute Gasteiger partial charge is 0.294 e. The van der Waals surface area contributed by atoms with Crippen molar-refractivity contribution >= 4 is 10.1 Å². The van der Waals surface area contributed by atoms with Gasteiger partial charge in [-0.05, 0) is 0 Å². The monoisotopic (exact) mass is 178 g/mol. The maximum absolute atomic E-state index is 11.7. The van der Waals surface area contributed by atoms with Gasteiger partial charge in [0.15, 0.2) is 0 Å². The van der Waals surface area contributed by atoms with E-state index in [0.29, 0.717) is 6.26 Å². The third-order valence-corrected chi connectivity index (χ3v) is 0.998. The minimum atomic E-state index is -4.12. The Morgan fingerprint density at radius 1 is 1.30 bits per heavy atom. The molecule has 0 amide bonds. The molecule has 0 aromatic rings. The van der Waals surface area contributed by atoms with E-state index in [9.17, 15) is 21.6 Å². The third-order valence-electron chi connectivity index (χ3n) is 0.465. The van der Waals surface area contributed by atoms with Crippen LogP contribution in [-0.2, 0) is 14.3 Å². The van der Waals surface area contributed by atoms with Gasteiger partial charge in [-0.2, -0.15) is 8.42 Å². The van der Waals surface area contributed by atoms with Crippen LogP contribution < -0.4 is 0 Å². The normalized spacial score (nSPS) is 15.7. The van der Waals surface area contributed by atoms with Crippen molar-refractivity contribution in [3.63, 3.8) is 0 Å². The van der Waals surface area contributed by atoms with E-state index in [4.69, 9.17) is 0 Å². The summed E-state index contributed by atoms with van der Waals surface area (Å²) in [5.74, 6) is 0. The Kier molecular flexibility index (Phi) is 3.10. The van der Waals surface area contributed by atoms with Crippen LogP contribution in [-0.4, -0.2) is 27.5 Å². The minimum Gasteiger partial charge on any atom is -0.227 e. The van der Waals surface area contributed by atoms with Crippen molar-refractivity contribution < 1.29 is 25.8 Å². The highest BCUT2D eigenvalue weighted by Gasteiger charge is 2.24. The van der Waals surface area contributed by atoms with Gasteiger partial charge in [-0.25, -0.2) is 17.4 Å². The lowest BCUT2D eigenvalue weighted by Gasteiger charge is -2.04. The molecule has 0 N–H and O–H groups in total. The smallest absolute Gasteiger partial charge is 0.227 e. The van der Waals surface area contributed by atoms with E-state index in [-0.39, 0.29) is 0 Å². The second-order valence-electron chi connectivity index (χ2n) is 1.49. The van der Waals surface area contributed by atoms with E-state index in [1.165, 1.54) is 0 Å². The summed E-state index contributed by atoms with van der Waals surface area (Å²) >= 11 is 0. The molecule has 1 unspecified atom stereocenters. The number of rotatable bonds is 3. The zero-order chi connectivity index (χ0) is 8.36. The van der Waals surface area contributed by atoms with E-state index in [1.54, 1.807) is 0 Å². The molecule has 7 heteroatoms. The van der Waals surface area contributed by atoms with Gasteiger partial charge in [0.1, 0.15) is 0 Å². The molecule has 0 rings (SSSR count). The molecule has 0 aromatic carbocycles. The quantitative estimate of drug-likeness (QED) is 0.592. The summed E-state index contributed by atoms with van der Waals surface area (Å²) in [5, 5.41) is 0. The van der Waals surface area contributed by atoms with Gasteiger partial charge in [0.05, 0.1) is 6.26 Å². The number of hydrogen-bond acceptors (Lipinski definition) is 3. The van der Waals surface area contributed by atoms with Crippen LogP contribution in [0.25, 0.3) is 0 Å². The van der Waals surface area contributed by atoms with Gasteiger partial charge in [-0.3, -0.25) is 0 Å². The zero-order valence-corrected chi connectivity index (χ0v) is 5.74. The molecule has 3 nitrogen and oxygen atoms in total. The van der Waals surface area contributed by atoms with Gasteiger partial charge in [0, 0.05) is 0 Å². The molecular formula is C3H5F3O3S. The molecule has 0 aromatic heterocycles. The molecule has 0 radical (unpaired) electrons. The summed E-state index contributed by atoms with van der Waals surface area (Å²) in [6, 6.07) is 0. The minimum absolute atomic E-state index is 0.488. The SMILES string of the molecule is CS(=O)(=O)OC(F)C(F)F. The van der Waals surface area contributed by atoms with Crippen LogP contribution in [0, 0.1) is 0 Å². The Morgan fingerprint density at radius 3 is 1.80 bits per heavy atom. The molecule has 0 spiro atoms. The first-order valence-electron chi connectivity index (χ1n) is 2.13. The molecular weight excluding hydrogens is 173 g/mol. The van der Waals surface area contributed by atoms with E-state index in [0.717, 1.165) is 0 Å². The molecule has 0 aliphatic rings. The maximum Gasteiger partial charge on any atom is 0.294 e. The fraction of sp³-hybridized carbons (Fsp3) is 1.00. The molecule has 0 bridgehead atoms. The van der Waals surface area contributed by atoms with Crippen LogP contribution in [0.5, 0.6) is 0 Å². The summed E-state index contributed by atoms with van der Waals surface area (Å²) in [6.07, 6.45) is -6.01. The topological polar surface area (TPSA) is 43.4 Å². The van der Waals surface area contributed by atoms with Crippen LogP contribution >= 0.6 is 0 Å². The molecule has 0 aliphatic heterocycles. The molecule has 1 atom stereocenters. The van der Waals surface area contributed by atoms with Gasteiger partial charge in [0.2, 0.25) is 0 Å². The fourth-order valence-corrected chi connectivity index (χ4v) is 0.627. The number of hydrogen-bond donors (Lipinski definition) is 0. The predicted octanol–water partition coefficient (Wildman–Crippen LogP) is 0.523. The molecule has 0 saturated carbocycles. The van der Waals surface area contributed by atoms with E-state index in [2.05, 4.69) is 4.18 Å². The number of alkyl halides is 3. The highest BCUT2D eigenvalue weighted by Crippen LogP contribution is 2.08. The van der Waals surface area contributed by atoms with Crippen LogP contribution in [0.1, 0.15) is 0 Å². The second-order valence-corrected chi connectivity index (χ2v) is 3.09. The summed E-state index contributed by atoms with van der Waals surface area (Å²) in [6.45, 7) is 0. The lowest BCUT2D eigenvalue weighted by Crippen LogP contribution is -2.19. The lowest BCUT2D eigenvalue weighted by atomic mass is 10.7. The number of halogens is 3. The van der Waals surface area contributed by atoms with Crippen LogP contribution in [0.15, 0.2) is 0 Å². The summed E-state index contributed by atoms with van der Waals surface area (Å²) in [7, 11) is -4.12. The van der Waals surface area contributed by atoms with Crippen molar-refractivity contribution in [3.05, 3.63) is 0 Å². The van der Waals surface area contributed by atoms with Crippen molar-refractivity contribution in [2.45, 2.75) is 12.8 Å². The van der Waals surface area contributed by atoms with Crippen molar-refractivity contribution in [2.75, 3.05) is 6.26 Å². The molecule has 0 heterocycles. The summed E-state index contributed by atoms with van der Waals surface area (Å²) in [5.41, 5.74) is 0. The van der Waals surface area contributed by atoms with Crippen molar-refractivity contribution in [1.29, 1.82) is 0 Å². The predicted molar refractivity (Wildman–Crippen MR) is 26.8 cm³/mol. The molecule has 0 saturated heterocycles. The van der Waals surface area contributed by atoms with E-state index < -0.39 is 22.9 Å². The summed E-state index contributed by atoms with van der Waals surface area (Å²) in [4.78, 5) is 0. The Bertz CT molecular complexity index is 187. The van der Waals surface area contributed by atoms with E-state index >= 15 is 0 Å². The standard InChI is InChI=1S/C3H5F3O3S/c1-10(7,8)9-3(6)2(4)5/h2-3H,1H3. The molecule has 10 heavy (non-hydrogen) atoms. The van der Waals surface area contributed by atoms with Crippen molar-refractivity contribution in [3.8, 4) is 0 Å². The second kappa shape index (κ2) is 3.20. The van der Waals surface area contributed by atoms with Crippen LogP contribution in [0.3, 0.4) is 0 Å². The Labute approximate surface area is 55.9 Å².